The van der Waals surface area contributed by atoms with Gasteiger partial charge in [-0.15, -0.1) is 0 Å². The van der Waals surface area contributed by atoms with E-state index in [0.29, 0.717) is 6.04 Å². The molecule has 0 radical (unpaired) electrons. The summed E-state index contributed by atoms with van der Waals surface area (Å²) in [7, 11) is 0. The molecule has 2 aromatic rings. The van der Waals surface area contributed by atoms with Crippen LogP contribution in [-0.2, 0) is 0 Å². The molecule has 20 heavy (non-hydrogen) atoms. The number of fused-ring (bicyclic) bond motifs is 1. The minimum atomic E-state index is 0.628. The Hall–Kier alpha value is -1.71. The van der Waals surface area contributed by atoms with Crippen molar-refractivity contribution in [3.05, 3.63) is 18.2 Å². The summed E-state index contributed by atoms with van der Waals surface area (Å²) in [4.78, 5) is 7.06. The molecular formula is C16H21N3O. The first-order valence-corrected chi connectivity index (χ1v) is 7.74. The van der Waals surface area contributed by atoms with E-state index < -0.39 is 0 Å². The molecule has 4 rings (SSSR count). The van der Waals surface area contributed by atoms with Gasteiger partial charge in [0.05, 0.1) is 0 Å². The Kier molecular flexibility index (Phi) is 2.83. The highest BCUT2D eigenvalue weighted by molar-refractivity contribution is 5.78. The van der Waals surface area contributed by atoms with Gasteiger partial charge in [0.1, 0.15) is 5.52 Å². The molecule has 1 aliphatic carbocycles. The third kappa shape index (κ3) is 1.94. The zero-order valence-corrected chi connectivity index (χ0v) is 11.7. The van der Waals surface area contributed by atoms with Crippen LogP contribution in [-0.4, -0.2) is 17.6 Å². The van der Waals surface area contributed by atoms with Crippen molar-refractivity contribution in [3.8, 4) is 0 Å². The van der Waals surface area contributed by atoms with E-state index in [1.165, 1.54) is 38.5 Å². The Bertz CT molecular complexity index is 615. The van der Waals surface area contributed by atoms with Gasteiger partial charge in [0.25, 0.3) is 6.01 Å². The number of nitrogen functional groups attached to an aromatic ring is 1. The molecule has 2 fully saturated rings. The molecule has 2 N–H and O–H groups in total. The monoisotopic (exact) mass is 271 g/mol. The lowest BCUT2D eigenvalue weighted by atomic mass is 9.96. The maximum Gasteiger partial charge on any atom is 0.298 e. The van der Waals surface area contributed by atoms with E-state index in [1.54, 1.807) is 0 Å². The minimum Gasteiger partial charge on any atom is -0.423 e. The summed E-state index contributed by atoms with van der Waals surface area (Å²) >= 11 is 0. The van der Waals surface area contributed by atoms with Crippen LogP contribution in [0.25, 0.3) is 11.1 Å². The van der Waals surface area contributed by atoms with Crippen LogP contribution < -0.4 is 10.6 Å². The van der Waals surface area contributed by atoms with Gasteiger partial charge in [-0.05, 0) is 43.7 Å². The smallest absolute Gasteiger partial charge is 0.298 e. The first-order chi connectivity index (χ1) is 9.81. The van der Waals surface area contributed by atoms with Crippen molar-refractivity contribution in [1.29, 1.82) is 0 Å². The number of nitrogens with two attached hydrogens (primary N) is 1. The van der Waals surface area contributed by atoms with E-state index in [1.807, 2.05) is 18.2 Å². The fourth-order valence-corrected chi connectivity index (χ4v) is 3.91. The Morgan fingerprint density at radius 2 is 2.00 bits per heavy atom. The number of anilines is 2. The van der Waals surface area contributed by atoms with Gasteiger partial charge in [-0.2, -0.15) is 4.98 Å². The van der Waals surface area contributed by atoms with Crippen molar-refractivity contribution in [1.82, 2.24) is 4.98 Å². The summed E-state index contributed by atoms with van der Waals surface area (Å²) in [6.07, 6.45) is 8.05. The summed E-state index contributed by atoms with van der Waals surface area (Å²) in [6.45, 7) is 1.07. The van der Waals surface area contributed by atoms with Crippen molar-refractivity contribution in [3.63, 3.8) is 0 Å². The summed E-state index contributed by atoms with van der Waals surface area (Å²) in [6, 6.07) is 7.11. The van der Waals surface area contributed by atoms with Crippen molar-refractivity contribution in [2.45, 2.75) is 44.6 Å². The van der Waals surface area contributed by atoms with E-state index in [-0.39, 0.29) is 0 Å². The SMILES string of the molecule is Nc1ccc2nc(N3CCCC3C3CCCC3)oc2c1. The molecule has 2 aliphatic rings. The molecule has 1 saturated carbocycles. The van der Waals surface area contributed by atoms with Gasteiger partial charge < -0.3 is 15.1 Å². The van der Waals surface area contributed by atoms with Gasteiger partial charge in [0.15, 0.2) is 5.58 Å². The lowest BCUT2D eigenvalue weighted by Crippen LogP contribution is -2.34. The standard InChI is InChI=1S/C16H21N3O/c17-12-7-8-13-15(10-12)20-16(18-13)19-9-3-6-14(19)11-4-1-2-5-11/h7-8,10-11,14H,1-6,9,17H2. The summed E-state index contributed by atoms with van der Waals surface area (Å²) in [5.41, 5.74) is 8.25. The van der Waals surface area contributed by atoms with E-state index in [0.717, 1.165) is 35.3 Å². The van der Waals surface area contributed by atoms with Crippen LogP contribution in [0.5, 0.6) is 0 Å². The normalized spacial score (nSPS) is 24.0. The van der Waals surface area contributed by atoms with Crippen molar-refractivity contribution in [2.24, 2.45) is 5.92 Å². The predicted molar refractivity (Wildman–Crippen MR) is 80.7 cm³/mol. The molecule has 106 valence electrons. The average molecular weight is 271 g/mol. The quantitative estimate of drug-likeness (QED) is 0.848. The average Bonchev–Trinajstić information content (AvgIpc) is 3.17. The maximum absolute atomic E-state index is 5.96. The second-order valence-electron chi connectivity index (χ2n) is 6.17. The molecule has 1 unspecified atom stereocenters. The minimum absolute atomic E-state index is 0.628. The predicted octanol–water partition coefficient (Wildman–Crippen LogP) is 3.57. The Labute approximate surface area is 118 Å². The van der Waals surface area contributed by atoms with Gasteiger partial charge in [0, 0.05) is 24.3 Å². The van der Waals surface area contributed by atoms with Crippen LogP contribution in [0.4, 0.5) is 11.7 Å². The van der Waals surface area contributed by atoms with Gasteiger partial charge in [-0.25, -0.2) is 0 Å². The van der Waals surface area contributed by atoms with Crippen LogP contribution in [0, 0.1) is 5.92 Å². The van der Waals surface area contributed by atoms with E-state index in [4.69, 9.17) is 10.2 Å². The molecule has 1 saturated heterocycles. The highest BCUT2D eigenvalue weighted by atomic mass is 16.4. The number of benzene rings is 1. The van der Waals surface area contributed by atoms with Crippen LogP contribution in [0.15, 0.2) is 22.6 Å². The largest absolute Gasteiger partial charge is 0.423 e. The molecular weight excluding hydrogens is 250 g/mol. The Morgan fingerprint density at radius 1 is 1.15 bits per heavy atom. The van der Waals surface area contributed by atoms with Gasteiger partial charge in [-0.1, -0.05) is 12.8 Å². The zero-order chi connectivity index (χ0) is 13.5. The molecule has 1 atom stereocenters. The number of oxazole rings is 1. The molecule has 1 aliphatic heterocycles. The topological polar surface area (TPSA) is 55.3 Å². The number of hydrogen-bond donors (Lipinski definition) is 1. The number of rotatable bonds is 2. The van der Waals surface area contributed by atoms with E-state index in [2.05, 4.69) is 9.88 Å². The highest BCUT2D eigenvalue weighted by Gasteiger charge is 2.35. The first-order valence-electron chi connectivity index (χ1n) is 7.74. The summed E-state index contributed by atoms with van der Waals surface area (Å²) in [5, 5.41) is 0. The molecule has 1 aromatic carbocycles. The fourth-order valence-electron chi connectivity index (χ4n) is 3.91. The lowest BCUT2D eigenvalue weighted by Gasteiger charge is -2.27. The number of nitrogens with zero attached hydrogens (tertiary/aromatic N) is 2. The molecule has 1 aromatic heterocycles. The number of hydrogen-bond acceptors (Lipinski definition) is 4. The van der Waals surface area contributed by atoms with Crippen molar-refractivity contribution < 1.29 is 4.42 Å². The van der Waals surface area contributed by atoms with Crippen LogP contribution in [0.2, 0.25) is 0 Å². The summed E-state index contributed by atoms with van der Waals surface area (Å²) < 4.78 is 5.96. The molecule has 4 heteroatoms. The first kappa shape index (κ1) is 12.1. The fraction of sp³-hybridized carbons (Fsp3) is 0.562. The second-order valence-corrected chi connectivity index (χ2v) is 6.17. The van der Waals surface area contributed by atoms with E-state index >= 15 is 0 Å². The Balaban J connectivity index is 1.66. The van der Waals surface area contributed by atoms with Gasteiger partial charge >= 0.3 is 0 Å². The molecule has 0 amide bonds. The van der Waals surface area contributed by atoms with Crippen LogP contribution in [0.3, 0.4) is 0 Å². The number of aromatic nitrogens is 1. The zero-order valence-electron chi connectivity index (χ0n) is 11.7. The second kappa shape index (κ2) is 4.69. The van der Waals surface area contributed by atoms with Crippen LogP contribution >= 0.6 is 0 Å². The van der Waals surface area contributed by atoms with E-state index in [9.17, 15) is 0 Å². The van der Waals surface area contributed by atoms with Gasteiger partial charge in [0.2, 0.25) is 0 Å². The lowest BCUT2D eigenvalue weighted by molar-refractivity contribution is 0.413. The molecule has 2 heterocycles. The Morgan fingerprint density at radius 3 is 2.85 bits per heavy atom. The maximum atomic E-state index is 5.96. The highest BCUT2D eigenvalue weighted by Crippen LogP contribution is 2.38. The van der Waals surface area contributed by atoms with Crippen molar-refractivity contribution in [2.75, 3.05) is 17.2 Å². The molecule has 0 bridgehead atoms. The van der Waals surface area contributed by atoms with Crippen molar-refractivity contribution >= 4 is 22.8 Å². The third-order valence-corrected chi connectivity index (χ3v) is 4.89. The summed E-state index contributed by atoms with van der Waals surface area (Å²) in [5.74, 6) is 0.831. The molecule has 4 nitrogen and oxygen atoms in total. The van der Waals surface area contributed by atoms with Crippen LogP contribution in [0.1, 0.15) is 38.5 Å². The third-order valence-electron chi connectivity index (χ3n) is 4.89. The molecule has 0 spiro atoms. The van der Waals surface area contributed by atoms with Gasteiger partial charge in [-0.3, -0.25) is 0 Å².